The second-order valence-electron chi connectivity index (χ2n) is 4.36. The molecule has 4 heteroatoms. The van der Waals surface area contributed by atoms with Crippen molar-refractivity contribution in [3.8, 4) is 17.2 Å². The Labute approximate surface area is 111 Å². The van der Waals surface area contributed by atoms with Crippen LogP contribution in [0, 0.1) is 0 Å². The maximum atomic E-state index is 5.70. The number of anilines is 1. The Morgan fingerprint density at radius 2 is 1.79 bits per heavy atom. The monoisotopic (exact) mass is 257 g/mol. The summed E-state index contributed by atoms with van der Waals surface area (Å²) in [4.78, 5) is 0. The van der Waals surface area contributed by atoms with Crippen molar-refractivity contribution in [1.82, 2.24) is 0 Å². The lowest BCUT2D eigenvalue weighted by molar-refractivity contribution is 0.173. The Morgan fingerprint density at radius 3 is 2.63 bits per heavy atom. The van der Waals surface area contributed by atoms with E-state index in [1.54, 1.807) is 0 Å². The Morgan fingerprint density at radius 1 is 1.00 bits per heavy atom. The molecule has 2 aromatic rings. The fourth-order valence-corrected chi connectivity index (χ4v) is 1.94. The van der Waals surface area contributed by atoms with E-state index in [9.17, 15) is 0 Å². The summed E-state index contributed by atoms with van der Waals surface area (Å²) in [5.41, 5.74) is 7.62. The standard InChI is InChI=1S/C15H15NO3/c16-12-3-1-11(2-4-12)7-8-17-13-5-6-14-15(9-13)19-10-18-14/h1-6,9H,7-8,10,16H2. The molecule has 0 aromatic heterocycles. The van der Waals surface area contributed by atoms with Crippen LogP contribution in [0.3, 0.4) is 0 Å². The summed E-state index contributed by atoms with van der Waals surface area (Å²) < 4.78 is 16.2. The summed E-state index contributed by atoms with van der Waals surface area (Å²) in [6, 6.07) is 13.4. The number of rotatable bonds is 4. The molecule has 0 spiro atoms. The number of nitrogen functional groups attached to an aromatic ring is 1. The van der Waals surface area contributed by atoms with E-state index in [4.69, 9.17) is 19.9 Å². The van der Waals surface area contributed by atoms with E-state index in [-0.39, 0.29) is 6.79 Å². The summed E-state index contributed by atoms with van der Waals surface area (Å²) >= 11 is 0. The predicted octanol–water partition coefficient (Wildman–Crippen LogP) is 2.62. The molecule has 0 fully saturated rings. The predicted molar refractivity (Wildman–Crippen MR) is 72.6 cm³/mol. The number of benzene rings is 2. The van der Waals surface area contributed by atoms with Crippen LogP contribution in [-0.2, 0) is 6.42 Å². The normalized spacial score (nSPS) is 12.4. The van der Waals surface area contributed by atoms with Gasteiger partial charge in [-0.05, 0) is 29.8 Å². The molecule has 1 aliphatic rings. The van der Waals surface area contributed by atoms with Gasteiger partial charge in [-0.15, -0.1) is 0 Å². The molecule has 3 rings (SSSR count). The van der Waals surface area contributed by atoms with E-state index in [0.29, 0.717) is 6.61 Å². The molecule has 1 aliphatic heterocycles. The highest BCUT2D eigenvalue weighted by molar-refractivity contribution is 5.46. The zero-order valence-electron chi connectivity index (χ0n) is 10.5. The maximum absolute atomic E-state index is 5.70. The van der Waals surface area contributed by atoms with Gasteiger partial charge in [0.25, 0.3) is 0 Å². The fraction of sp³-hybridized carbons (Fsp3) is 0.200. The molecule has 0 unspecified atom stereocenters. The molecule has 2 aromatic carbocycles. The lowest BCUT2D eigenvalue weighted by Crippen LogP contribution is -2.01. The minimum absolute atomic E-state index is 0.282. The maximum Gasteiger partial charge on any atom is 0.231 e. The van der Waals surface area contributed by atoms with Crippen LogP contribution in [0.5, 0.6) is 17.2 Å². The van der Waals surface area contributed by atoms with Crippen molar-refractivity contribution in [2.75, 3.05) is 19.1 Å². The number of hydrogen-bond acceptors (Lipinski definition) is 4. The largest absolute Gasteiger partial charge is 0.493 e. The average molecular weight is 257 g/mol. The van der Waals surface area contributed by atoms with Gasteiger partial charge in [0.15, 0.2) is 11.5 Å². The second-order valence-corrected chi connectivity index (χ2v) is 4.36. The highest BCUT2D eigenvalue weighted by Crippen LogP contribution is 2.35. The molecular weight excluding hydrogens is 242 g/mol. The van der Waals surface area contributed by atoms with Gasteiger partial charge in [-0.25, -0.2) is 0 Å². The Hall–Kier alpha value is -2.36. The quantitative estimate of drug-likeness (QED) is 0.855. The highest BCUT2D eigenvalue weighted by Gasteiger charge is 2.13. The topological polar surface area (TPSA) is 53.7 Å². The van der Waals surface area contributed by atoms with Gasteiger partial charge in [0, 0.05) is 18.2 Å². The minimum Gasteiger partial charge on any atom is -0.493 e. The van der Waals surface area contributed by atoms with Gasteiger partial charge in [-0.1, -0.05) is 12.1 Å². The first-order valence-electron chi connectivity index (χ1n) is 6.18. The molecule has 0 aliphatic carbocycles. The lowest BCUT2D eigenvalue weighted by atomic mass is 10.1. The van der Waals surface area contributed by atoms with Crippen molar-refractivity contribution >= 4 is 5.69 Å². The molecule has 0 radical (unpaired) electrons. The van der Waals surface area contributed by atoms with Gasteiger partial charge in [0.05, 0.1) is 6.61 Å². The first-order valence-corrected chi connectivity index (χ1v) is 6.18. The van der Waals surface area contributed by atoms with Crippen LogP contribution in [0.2, 0.25) is 0 Å². The van der Waals surface area contributed by atoms with Crippen LogP contribution in [0.1, 0.15) is 5.56 Å². The SMILES string of the molecule is Nc1ccc(CCOc2ccc3c(c2)OCO3)cc1. The van der Waals surface area contributed by atoms with E-state index in [2.05, 4.69) is 0 Å². The van der Waals surface area contributed by atoms with Gasteiger partial charge < -0.3 is 19.9 Å². The van der Waals surface area contributed by atoms with E-state index in [0.717, 1.165) is 29.4 Å². The molecule has 0 atom stereocenters. The Kier molecular flexibility index (Phi) is 3.14. The summed E-state index contributed by atoms with van der Waals surface area (Å²) in [5, 5.41) is 0. The van der Waals surface area contributed by atoms with Crippen LogP contribution >= 0.6 is 0 Å². The second kappa shape index (κ2) is 5.10. The van der Waals surface area contributed by atoms with Gasteiger partial charge >= 0.3 is 0 Å². The zero-order valence-corrected chi connectivity index (χ0v) is 10.5. The molecule has 4 nitrogen and oxygen atoms in total. The van der Waals surface area contributed by atoms with E-state index >= 15 is 0 Å². The molecule has 0 saturated carbocycles. The Bertz CT molecular complexity index is 566. The summed E-state index contributed by atoms with van der Waals surface area (Å²) in [6.45, 7) is 0.897. The third kappa shape index (κ3) is 2.73. The molecule has 1 heterocycles. The summed E-state index contributed by atoms with van der Waals surface area (Å²) in [7, 11) is 0. The molecule has 0 saturated heterocycles. The summed E-state index contributed by atoms with van der Waals surface area (Å²) in [5.74, 6) is 2.30. The van der Waals surface area contributed by atoms with Crippen LogP contribution in [0.15, 0.2) is 42.5 Å². The molecule has 2 N–H and O–H groups in total. The first-order chi connectivity index (χ1) is 9.31. The van der Waals surface area contributed by atoms with Crippen molar-refractivity contribution in [3.63, 3.8) is 0 Å². The minimum atomic E-state index is 0.282. The van der Waals surface area contributed by atoms with Crippen LogP contribution in [0.25, 0.3) is 0 Å². The van der Waals surface area contributed by atoms with E-state index < -0.39 is 0 Å². The van der Waals surface area contributed by atoms with Crippen molar-refractivity contribution in [3.05, 3.63) is 48.0 Å². The Balaban J connectivity index is 1.56. The van der Waals surface area contributed by atoms with Crippen molar-refractivity contribution in [2.45, 2.75) is 6.42 Å². The van der Waals surface area contributed by atoms with Crippen LogP contribution in [0.4, 0.5) is 5.69 Å². The van der Waals surface area contributed by atoms with Crippen molar-refractivity contribution < 1.29 is 14.2 Å². The number of hydrogen-bond donors (Lipinski definition) is 1. The van der Waals surface area contributed by atoms with Gasteiger partial charge in [-0.3, -0.25) is 0 Å². The van der Waals surface area contributed by atoms with Gasteiger partial charge in [0.2, 0.25) is 6.79 Å². The average Bonchev–Trinajstić information content (AvgIpc) is 2.88. The van der Waals surface area contributed by atoms with Crippen LogP contribution < -0.4 is 19.9 Å². The number of nitrogens with two attached hydrogens (primary N) is 1. The highest BCUT2D eigenvalue weighted by atomic mass is 16.7. The molecule has 98 valence electrons. The van der Waals surface area contributed by atoms with Gasteiger partial charge in [-0.2, -0.15) is 0 Å². The smallest absolute Gasteiger partial charge is 0.231 e. The van der Waals surface area contributed by atoms with Crippen LogP contribution in [-0.4, -0.2) is 13.4 Å². The fourth-order valence-electron chi connectivity index (χ4n) is 1.94. The number of fused-ring (bicyclic) bond motifs is 1. The van der Waals surface area contributed by atoms with E-state index in [1.165, 1.54) is 5.56 Å². The van der Waals surface area contributed by atoms with Gasteiger partial charge in [0.1, 0.15) is 5.75 Å². The molecule has 0 bridgehead atoms. The zero-order chi connectivity index (χ0) is 13.1. The lowest BCUT2D eigenvalue weighted by Gasteiger charge is -2.07. The van der Waals surface area contributed by atoms with Crippen molar-refractivity contribution in [2.24, 2.45) is 0 Å². The summed E-state index contributed by atoms with van der Waals surface area (Å²) in [6.07, 6.45) is 0.842. The first kappa shape index (κ1) is 11.7. The molecule has 0 amide bonds. The molecular formula is C15H15NO3. The van der Waals surface area contributed by atoms with E-state index in [1.807, 2.05) is 42.5 Å². The third-order valence-electron chi connectivity index (χ3n) is 2.98. The third-order valence-corrected chi connectivity index (χ3v) is 2.98. The number of ether oxygens (including phenoxy) is 3. The molecule has 19 heavy (non-hydrogen) atoms. The van der Waals surface area contributed by atoms with Crippen molar-refractivity contribution in [1.29, 1.82) is 0 Å².